The van der Waals surface area contributed by atoms with E-state index in [2.05, 4.69) is 6.92 Å². The zero-order valence-corrected chi connectivity index (χ0v) is 11.3. The third kappa shape index (κ3) is 2.48. The lowest BCUT2D eigenvalue weighted by Crippen LogP contribution is -1.97. The number of aromatic carboxylic acids is 1. The molecule has 0 fully saturated rings. The summed E-state index contributed by atoms with van der Waals surface area (Å²) in [6, 6.07) is 5.56. The summed E-state index contributed by atoms with van der Waals surface area (Å²) >= 11 is 1.31. The minimum absolute atomic E-state index is 0.374. The number of carboxylic acids is 1. The maximum atomic E-state index is 11.0. The van der Waals surface area contributed by atoms with Crippen molar-refractivity contribution in [1.29, 1.82) is 0 Å². The number of carbonyl (C=O) groups is 1. The first kappa shape index (κ1) is 12.9. The molecule has 1 N–H and O–H groups in total. The normalized spacial score (nSPS) is 10.8. The molecule has 2 aromatic rings. The molecule has 0 spiro atoms. The smallest absolute Gasteiger partial charge is 0.345 e. The molecule has 18 heavy (non-hydrogen) atoms. The van der Waals surface area contributed by atoms with Crippen LogP contribution < -0.4 is 4.74 Å². The van der Waals surface area contributed by atoms with Crippen molar-refractivity contribution in [2.24, 2.45) is 0 Å². The fourth-order valence-electron chi connectivity index (χ4n) is 1.81. The highest BCUT2D eigenvalue weighted by molar-refractivity contribution is 7.21. The van der Waals surface area contributed by atoms with Gasteiger partial charge >= 0.3 is 5.97 Å². The highest BCUT2D eigenvalue weighted by Gasteiger charge is 2.12. The van der Waals surface area contributed by atoms with Crippen molar-refractivity contribution < 1.29 is 14.6 Å². The molecule has 1 aromatic carbocycles. The average Bonchev–Trinajstić information content (AvgIpc) is 2.77. The molecule has 96 valence electrons. The van der Waals surface area contributed by atoms with E-state index in [9.17, 15) is 4.79 Å². The van der Waals surface area contributed by atoms with Gasteiger partial charge in [0.05, 0.1) is 6.61 Å². The second kappa shape index (κ2) is 5.40. The van der Waals surface area contributed by atoms with E-state index in [1.54, 1.807) is 6.07 Å². The Morgan fingerprint density at radius 1 is 1.44 bits per heavy atom. The molecule has 1 aromatic heterocycles. The summed E-state index contributed by atoms with van der Waals surface area (Å²) in [7, 11) is 0. The predicted molar refractivity (Wildman–Crippen MR) is 73.9 cm³/mol. The van der Waals surface area contributed by atoms with Crippen molar-refractivity contribution in [3.05, 3.63) is 28.6 Å². The summed E-state index contributed by atoms with van der Waals surface area (Å²) in [4.78, 5) is 11.3. The van der Waals surface area contributed by atoms with Gasteiger partial charge in [0.25, 0.3) is 0 Å². The fourth-order valence-corrected chi connectivity index (χ4v) is 2.80. The maximum absolute atomic E-state index is 11.0. The summed E-state index contributed by atoms with van der Waals surface area (Å²) in [6.07, 6.45) is 2.13. The van der Waals surface area contributed by atoms with E-state index in [0.29, 0.717) is 11.5 Å². The third-order valence-electron chi connectivity index (χ3n) is 2.85. The Labute approximate surface area is 110 Å². The number of ether oxygens (including phenoxy) is 1. The summed E-state index contributed by atoms with van der Waals surface area (Å²) < 4.78 is 6.72. The number of carboxylic acid groups (broad SMARTS) is 1. The Morgan fingerprint density at radius 2 is 2.22 bits per heavy atom. The Balaban J connectivity index is 2.34. The van der Waals surface area contributed by atoms with Crippen LogP contribution in [0.5, 0.6) is 5.75 Å². The van der Waals surface area contributed by atoms with E-state index >= 15 is 0 Å². The number of hydrogen-bond donors (Lipinski definition) is 1. The van der Waals surface area contributed by atoms with Gasteiger partial charge in [0.15, 0.2) is 0 Å². The molecule has 0 radical (unpaired) electrons. The third-order valence-corrected chi connectivity index (χ3v) is 4.11. The molecule has 2 rings (SSSR count). The molecule has 4 heteroatoms. The van der Waals surface area contributed by atoms with Gasteiger partial charge in [-0.25, -0.2) is 4.79 Å². The lowest BCUT2D eigenvalue weighted by molar-refractivity contribution is 0.0702. The first-order chi connectivity index (χ1) is 8.63. The van der Waals surface area contributed by atoms with Crippen LogP contribution in [0.2, 0.25) is 0 Å². The van der Waals surface area contributed by atoms with Crippen molar-refractivity contribution in [3.8, 4) is 5.75 Å². The quantitative estimate of drug-likeness (QED) is 0.827. The Bertz CT molecular complexity index is 572. The fraction of sp³-hybridized carbons (Fsp3) is 0.357. The van der Waals surface area contributed by atoms with E-state index in [4.69, 9.17) is 9.84 Å². The molecule has 0 aliphatic carbocycles. The van der Waals surface area contributed by atoms with E-state index in [-0.39, 0.29) is 0 Å². The second-order valence-corrected chi connectivity index (χ2v) is 5.28. The summed E-state index contributed by atoms with van der Waals surface area (Å²) in [5.74, 6) is -0.0150. The molecule has 3 nitrogen and oxygen atoms in total. The van der Waals surface area contributed by atoms with Crippen LogP contribution in [0.4, 0.5) is 0 Å². The number of hydrogen-bond acceptors (Lipinski definition) is 3. The van der Waals surface area contributed by atoms with Crippen LogP contribution in [-0.4, -0.2) is 17.7 Å². The molecule has 0 unspecified atom stereocenters. The van der Waals surface area contributed by atoms with Gasteiger partial charge < -0.3 is 9.84 Å². The SMILES string of the molecule is CCCCOc1ccc2cc(C(=O)O)sc2c1C. The van der Waals surface area contributed by atoms with Gasteiger partial charge in [-0.3, -0.25) is 0 Å². The number of rotatable bonds is 5. The number of fused-ring (bicyclic) bond motifs is 1. The Hall–Kier alpha value is -1.55. The van der Waals surface area contributed by atoms with Crippen LogP contribution in [0.15, 0.2) is 18.2 Å². The van der Waals surface area contributed by atoms with Crippen molar-refractivity contribution >= 4 is 27.4 Å². The Morgan fingerprint density at radius 3 is 2.89 bits per heavy atom. The van der Waals surface area contributed by atoms with Crippen molar-refractivity contribution in [2.45, 2.75) is 26.7 Å². The number of benzene rings is 1. The molecule has 1 heterocycles. The van der Waals surface area contributed by atoms with Crippen molar-refractivity contribution in [2.75, 3.05) is 6.61 Å². The molecular weight excluding hydrogens is 248 g/mol. The van der Waals surface area contributed by atoms with Crippen molar-refractivity contribution in [1.82, 2.24) is 0 Å². The monoisotopic (exact) mass is 264 g/mol. The molecule has 0 atom stereocenters. The summed E-state index contributed by atoms with van der Waals surface area (Å²) in [6.45, 7) is 4.81. The molecule has 0 aliphatic heterocycles. The van der Waals surface area contributed by atoms with Gasteiger partial charge in [-0.1, -0.05) is 13.3 Å². The molecule has 0 bridgehead atoms. The van der Waals surface area contributed by atoms with Gasteiger partial charge in [0, 0.05) is 10.3 Å². The first-order valence-electron chi connectivity index (χ1n) is 6.02. The standard InChI is InChI=1S/C14H16O3S/c1-3-4-7-17-11-6-5-10-8-12(14(15)16)18-13(10)9(11)2/h5-6,8H,3-4,7H2,1-2H3,(H,15,16). The largest absolute Gasteiger partial charge is 0.493 e. The van der Waals surface area contributed by atoms with Crippen LogP contribution in [0.1, 0.15) is 35.0 Å². The van der Waals surface area contributed by atoms with E-state index < -0.39 is 5.97 Å². The number of thiophene rings is 1. The van der Waals surface area contributed by atoms with Gasteiger partial charge in [0.1, 0.15) is 10.6 Å². The van der Waals surface area contributed by atoms with Crippen LogP contribution in [0.25, 0.3) is 10.1 Å². The number of aryl methyl sites for hydroxylation is 1. The zero-order chi connectivity index (χ0) is 13.1. The number of unbranched alkanes of at least 4 members (excludes halogenated alkanes) is 1. The molecule has 0 amide bonds. The lowest BCUT2D eigenvalue weighted by atomic mass is 10.1. The highest BCUT2D eigenvalue weighted by Crippen LogP contribution is 2.33. The van der Waals surface area contributed by atoms with Gasteiger partial charge in [-0.15, -0.1) is 11.3 Å². The van der Waals surface area contributed by atoms with E-state index in [1.165, 1.54) is 11.3 Å². The van der Waals surface area contributed by atoms with Crippen molar-refractivity contribution in [3.63, 3.8) is 0 Å². The summed E-state index contributed by atoms with van der Waals surface area (Å²) in [5, 5.41) is 9.97. The van der Waals surface area contributed by atoms with Crippen LogP contribution in [0, 0.1) is 6.92 Å². The minimum Gasteiger partial charge on any atom is -0.493 e. The van der Waals surface area contributed by atoms with Crippen LogP contribution in [-0.2, 0) is 0 Å². The van der Waals surface area contributed by atoms with Gasteiger partial charge in [0.2, 0.25) is 0 Å². The second-order valence-electron chi connectivity index (χ2n) is 4.22. The lowest BCUT2D eigenvalue weighted by Gasteiger charge is -2.08. The van der Waals surface area contributed by atoms with Crippen LogP contribution >= 0.6 is 11.3 Å². The zero-order valence-electron chi connectivity index (χ0n) is 10.5. The molecule has 0 saturated heterocycles. The summed E-state index contributed by atoms with van der Waals surface area (Å²) in [5.41, 5.74) is 1.03. The average molecular weight is 264 g/mol. The van der Waals surface area contributed by atoms with E-state index in [0.717, 1.165) is 34.2 Å². The maximum Gasteiger partial charge on any atom is 0.345 e. The minimum atomic E-state index is -0.871. The van der Waals surface area contributed by atoms with E-state index in [1.807, 2.05) is 19.1 Å². The van der Waals surface area contributed by atoms with Crippen LogP contribution in [0.3, 0.4) is 0 Å². The molecule has 0 saturated carbocycles. The Kier molecular flexibility index (Phi) is 3.87. The molecular formula is C14H16O3S. The van der Waals surface area contributed by atoms with Gasteiger partial charge in [-0.05, 0) is 36.9 Å². The highest BCUT2D eigenvalue weighted by atomic mass is 32.1. The first-order valence-corrected chi connectivity index (χ1v) is 6.84. The topological polar surface area (TPSA) is 46.5 Å². The predicted octanol–water partition coefficient (Wildman–Crippen LogP) is 4.09. The molecule has 0 aliphatic rings. The van der Waals surface area contributed by atoms with Gasteiger partial charge in [-0.2, -0.15) is 0 Å².